The second kappa shape index (κ2) is 4.25. The number of rotatable bonds is 1. The van der Waals surface area contributed by atoms with E-state index in [-0.39, 0.29) is 11.5 Å². The van der Waals surface area contributed by atoms with Crippen LogP contribution in [0.25, 0.3) is 0 Å². The Morgan fingerprint density at radius 3 is 2.62 bits per heavy atom. The van der Waals surface area contributed by atoms with Crippen LogP contribution in [0.15, 0.2) is 24.3 Å². The van der Waals surface area contributed by atoms with Crippen LogP contribution in [-0.4, -0.2) is 18.1 Å². The standard InChI is InChI=1S/C18H23NO2/c1-17(2)12-19(14-6-3-4-7-15(14)21-17)16(20)13-8-11-18(13)9-5-10-18/h3-4,6-7,13H,5,8-12H2,1-2H3. The van der Waals surface area contributed by atoms with E-state index in [1.807, 2.05) is 29.2 Å². The van der Waals surface area contributed by atoms with Crippen LogP contribution >= 0.6 is 0 Å². The van der Waals surface area contributed by atoms with Gasteiger partial charge in [-0.25, -0.2) is 0 Å². The van der Waals surface area contributed by atoms with E-state index in [9.17, 15) is 4.79 Å². The first-order chi connectivity index (χ1) is 10.0. The number of benzene rings is 1. The highest BCUT2D eigenvalue weighted by Crippen LogP contribution is 2.60. The average molecular weight is 285 g/mol. The molecule has 0 N–H and O–H groups in total. The molecule has 0 bridgehead atoms. The van der Waals surface area contributed by atoms with Crippen LogP contribution in [0, 0.1) is 11.3 Å². The van der Waals surface area contributed by atoms with Gasteiger partial charge in [0.15, 0.2) is 0 Å². The van der Waals surface area contributed by atoms with Crippen molar-refractivity contribution in [1.82, 2.24) is 0 Å². The fourth-order valence-electron chi connectivity index (χ4n) is 4.26. The molecular formula is C18H23NO2. The molecule has 1 aromatic rings. The monoisotopic (exact) mass is 285 g/mol. The normalized spacial score (nSPS) is 28.1. The van der Waals surface area contributed by atoms with Gasteiger partial charge in [0.1, 0.15) is 11.4 Å². The van der Waals surface area contributed by atoms with E-state index in [0.717, 1.165) is 17.9 Å². The van der Waals surface area contributed by atoms with Gasteiger partial charge in [0, 0.05) is 5.92 Å². The Morgan fingerprint density at radius 1 is 1.24 bits per heavy atom. The van der Waals surface area contributed by atoms with Gasteiger partial charge in [0.2, 0.25) is 5.91 Å². The number of para-hydroxylation sites is 2. The van der Waals surface area contributed by atoms with Crippen molar-refractivity contribution in [2.75, 3.05) is 11.4 Å². The molecule has 21 heavy (non-hydrogen) atoms. The maximum atomic E-state index is 13.1. The summed E-state index contributed by atoms with van der Waals surface area (Å²) in [6.45, 7) is 4.77. The molecule has 0 saturated heterocycles. The highest BCUT2D eigenvalue weighted by molar-refractivity contribution is 5.98. The molecule has 2 fully saturated rings. The van der Waals surface area contributed by atoms with E-state index in [0.29, 0.717) is 17.9 Å². The first-order valence-electron chi connectivity index (χ1n) is 8.10. The van der Waals surface area contributed by atoms with Crippen molar-refractivity contribution in [2.45, 2.75) is 51.6 Å². The quantitative estimate of drug-likeness (QED) is 0.786. The number of carbonyl (C=O) groups excluding carboxylic acids is 1. The average Bonchev–Trinajstić information content (AvgIpc) is 2.33. The Bertz CT molecular complexity index is 583. The molecule has 1 spiro atoms. The zero-order chi connectivity index (χ0) is 14.7. The zero-order valence-corrected chi connectivity index (χ0v) is 12.9. The molecule has 112 valence electrons. The Hall–Kier alpha value is -1.51. The van der Waals surface area contributed by atoms with Crippen LogP contribution < -0.4 is 9.64 Å². The second-order valence-corrected chi connectivity index (χ2v) is 7.56. The van der Waals surface area contributed by atoms with Crippen LogP contribution in [0.4, 0.5) is 5.69 Å². The lowest BCUT2D eigenvalue weighted by atomic mass is 9.49. The van der Waals surface area contributed by atoms with Crippen molar-refractivity contribution < 1.29 is 9.53 Å². The summed E-state index contributed by atoms with van der Waals surface area (Å²) >= 11 is 0. The van der Waals surface area contributed by atoms with Gasteiger partial charge in [-0.15, -0.1) is 0 Å². The summed E-state index contributed by atoms with van der Waals surface area (Å²) in [6.07, 6.45) is 6.12. The Morgan fingerprint density at radius 2 is 2.00 bits per heavy atom. The molecule has 3 aliphatic rings. The van der Waals surface area contributed by atoms with E-state index in [2.05, 4.69) is 13.8 Å². The fraction of sp³-hybridized carbons (Fsp3) is 0.611. The maximum Gasteiger partial charge on any atom is 0.230 e. The molecule has 4 rings (SSSR count). The van der Waals surface area contributed by atoms with Gasteiger partial charge in [0.05, 0.1) is 12.2 Å². The first kappa shape index (κ1) is 13.2. The molecule has 2 aliphatic carbocycles. The Balaban J connectivity index is 1.66. The molecule has 1 unspecified atom stereocenters. The van der Waals surface area contributed by atoms with Crippen LogP contribution in [0.1, 0.15) is 46.0 Å². The molecule has 2 saturated carbocycles. The van der Waals surface area contributed by atoms with Gasteiger partial charge in [-0.1, -0.05) is 18.6 Å². The number of nitrogens with zero attached hydrogens (tertiary/aromatic N) is 1. The molecule has 0 radical (unpaired) electrons. The van der Waals surface area contributed by atoms with Crippen LogP contribution in [0.2, 0.25) is 0 Å². The third-order valence-corrected chi connectivity index (χ3v) is 5.66. The van der Waals surface area contributed by atoms with E-state index in [1.54, 1.807) is 0 Å². The number of fused-ring (bicyclic) bond motifs is 1. The topological polar surface area (TPSA) is 29.5 Å². The minimum Gasteiger partial charge on any atom is -0.484 e. The Kier molecular flexibility index (Phi) is 2.66. The number of ether oxygens (including phenoxy) is 1. The van der Waals surface area contributed by atoms with Crippen LogP contribution in [0.5, 0.6) is 5.75 Å². The number of hydrogen-bond donors (Lipinski definition) is 0. The summed E-state index contributed by atoms with van der Waals surface area (Å²) in [4.78, 5) is 15.1. The Labute approximate surface area is 126 Å². The van der Waals surface area contributed by atoms with Gasteiger partial charge >= 0.3 is 0 Å². The molecule has 0 aromatic heterocycles. The third-order valence-electron chi connectivity index (χ3n) is 5.66. The lowest BCUT2D eigenvalue weighted by molar-refractivity contribution is -0.141. The minimum absolute atomic E-state index is 0.244. The molecule has 1 atom stereocenters. The molecule has 3 nitrogen and oxygen atoms in total. The third kappa shape index (κ3) is 1.90. The SMILES string of the molecule is CC1(C)CN(C(=O)C2CCC23CCC3)c2ccccc2O1. The van der Waals surface area contributed by atoms with Gasteiger partial charge in [-0.2, -0.15) is 0 Å². The highest BCUT2D eigenvalue weighted by Gasteiger charge is 2.55. The van der Waals surface area contributed by atoms with Crippen molar-refractivity contribution in [3.05, 3.63) is 24.3 Å². The predicted molar refractivity (Wildman–Crippen MR) is 82.5 cm³/mol. The zero-order valence-electron chi connectivity index (χ0n) is 12.9. The van der Waals surface area contributed by atoms with Crippen LogP contribution in [-0.2, 0) is 4.79 Å². The van der Waals surface area contributed by atoms with Gasteiger partial charge in [-0.05, 0) is 57.1 Å². The van der Waals surface area contributed by atoms with E-state index in [4.69, 9.17) is 4.74 Å². The molecule has 1 aromatic carbocycles. The summed E-state index contributed by atoms with van der Waals surface area (Å²) in [7, 11) is 0. The largest absolute Gasteiger partial charge is 0.484 e. The van der Waals surface area contributed by atoms with E-state index in [1.165, 1.54) is 25.7 Å². The summed E-state index contributed by atoms with van der Waals surface area (Å²) in [6, 6.07) is 7.94. The summed E-state index contributed by atoms with van der Waals surface area (Å²) in [5.41, 5.74) is 0.984. The second-order valence-electron chi connectivity index (χ2n) is 7.56. The highest BCUT2D eigenvalue weighted by atomic mass is 16.5. The summed E-state index contributed by atoms with van der Waals surface area (Å²) < 4.78 is 6.03. The summed E-state index contributed by atoms with van der Waals surface area (Å²) in [5, 5.41) is 0. The van der Waals surface area contributed by atoms with Crippen molar-refractivity contribution in [3.8, 4) is 5.75 Å². The smallest absolute Gasteiger partial charge is 0.230 e. The van der Waals surface area contributed by atoms with Crippen molar-refractivity contribution in [3.63, 3.8) is 0 Å². The first-order valence-corrected chi connectivity index (χ1v) is 8.10. The van der Waals surface area contributed by atoms with Crippen molar-refractivity contribution in [1.29, 1.82) is 0 Å². The lowest BCUT2D eigenvalue weighted by Crippen LogP contribution is -2.57. The molecule has 1 aliphatic heterocycles. The number of carbonyl (C=O) groups is 1. The molecule has 3 heteroatoms. The molecular weight excluding hydrogens is 262 g/mol. The van der Waals surface area contributed by atoms with Gasteiger partial charge in [0.25, 0.3) is 0 Å². The predicted octanol–water partition coefficient (Wildman–Crippen LogP) is 3.77. The molecule has 1 amide bonds. The minimum atomic E-state index is -0.319. The summed E-state index contributed by atoms with van der Waals surface area (Å²) in [5.74, 6) is 1.40. The lowest BCUT2D eigenvalue weighted by Gasteiger charge is -2.56. The number of anilines is 1. The number of amides is 1. The molecule has 1 heterocycles. The van der Waals surface area contributed by atoms with E-state index >= 15 is 0 Å². The number of hydrogen-bond acceptors (Lipinski definition) is 2. The van der Waals surface area contributed by atoms with Crippen LogP contribution in [0.3, 0.4) is 0 Å². The van der Waals surface area contributed by atoms with Crippen molar-refractivity contribution >= 4 is 11.6 Å². The maximum absolute atomic E-state index is 13.1. The van der Waals surface area contributed by atoms with Gasteiger partial charge < -0.3 is 9.64 Å². The van der Waals surface area contributed by atoms with Gasteiger partial charge in [-0.3, -0.25) is 4.79 Å². The van der Waals surface area contributed by atoms with Crippen molar-refractivity contribution in [2.24, 2.45) is 11.3 Å². The fourth-order valence-corrected chi connectivity index (χ4v) is 4.26. The van der Waals surface area contributed by atoms with E-state index < -0.39 is 0 Å².